The van der Waals surface area contributed by atoms with Gasteiger partial charge >= 0.3 is 0 Å². The van der Waals surface area contributed by atoms with Crippen molar-refractivity contribution in [2.75, 3.05) is 25.0 Å². The number of halogens is 1. The predicted octanol–water partition coefficient (Wildman–Crippen LogP) is 3.06. The van der Waals surface area contributed by atoms with E-state index in [0.29, 0.717) is 48.3 Å². The first-order valence-electron chi connectivity index (χ1n) is 9.62. The minimum absolute atomic E-state index is 0.152. The van der Waals surface area contributed by atoms with Crippen molar-refractivity contribution in [2.24, 2.45) is 0 Å². The molecule has 1 amide bonds. The number of amides is 1. The Morgan fingerprint density at radius 2 is 2.03 bits per heavy atom. The number of benzene rings is 2. The molecule has 0 bridgehead atoms. The fraction of sp³-hybridized carbons (Fsp3) is 0.273. The summed E-state index contributed by atoms with van der Waals surface area (Å²) >= 11 is 0. The molecule has 1 aliphatic rings. The summed E-state index contributed by atoms with van der Waals surface area (Å²) in [5.74, 6) is 0.159. The largest absolute Gasteiger partial charge is 0.494 e. The molecule has 0 spiro atoms. The lowest BCUT2D eigenvalue weighted by Gasteiger charge is -2.27. The number of nitrogens with one attached hydrogen (secondary N) is 2. The molecule has 2 aromatic carbocycles. The van der Waals surface area contributed by atoms with Crippen LogP contribution in [0.25, 0.3) is 10.9 Å². The van der Waals surface area contributed by atoms with Crippen LogP contribution in [0, 0.1) is 5.82 Å². The Labute approximate surface area is 167 Å². The topological polar surface area (TPSA) is 74.4 Å². The number of hydrogen-bond acceptors (Lipinski definition) is 4. The molecular formula is C22H22FN3O3. The molecule has 1 aromatic heterocycles. The number of pyridine rings is 1. The maximum atomic E-state index is 13.5. The average Bonchev–Trinajstić information content (AvgIpc) is 2.71. The number of carbonyl (C=O) groups is 1. The molecule has 0 unspecified atom stereocenters. The van der Waals surface area contributed by atoms with Crippen LogP contribution in [0.4, 0.5) is 10.1 Å². The Kier molecular flexibility index (Phi) is 5.31. The number of ether oxygens (including phenoxy) is 1. The van der Waals surface area contributed by atoms with E-state index in [1.54, 1.807) is 30.3 Å². The van der Waals surface area contributed by atoms with Crippen LogP contribution in [-0.4, -0.2) is 35.5 Å². The molecule has 0 saturated carbocycles. The molecule has 6 nitrogen and oxygen atoms in total. The maximum Gasteiger partial charge on any atom is 0.238 e. The zero-order chi connectivity index (χ0) is 20.4. The van der Waals surface area contributed by atoms with Crippen molar-refractivity contribution in [3.05, 3.63) is 69.8 Å². The van der Waals surface area contributed by atoms with Gasteiger partial charge < -0.3 is 15.0 Å². The van der Waals surface area contributed by atoms with Gasteiger partial charge in [-0.05, 0) is 49.4 Å². The third-order valence-corrected chi connectivity index (χ3v) is 5.03. The van der Waals surface area contributed by atoms with Crippen molar-refractivity contribution in [2.45, 2.75) is 19.9 Å². The fourth-order valence-corrected chi connectivity index (χ4v) is 3.64. The Morgan fingerprint density at radius 1 is 1.24 bits per heavy atom. The van der Waals surface area contributed by atoms with Gasteiger partial charge in [0.15, 0.2) is 5.43 Å². The van der Waals surface area contributed by atoms with Crippen molar-refractivity contribution in [1.82, 2.24) is 9.88 Å². The number of anilines is 1. The number of aromatic amines is 1. The molecule has 29 heavy (non-hydrogen) atoms. The van der Waals surface area contributed by atoms with Gasteiger partial charge in [-0.1, -0.05) is 0 Å². The standard InChI is InChI=1S/C22H22FN3O3/c1-2-29-16-6-4-15(5-7-16)24-21(27)13-26-10-9-20-18(12-26)22(28)17-11-14(23)3-8-19(17)25-20/h3-8,11H,2,9-10,12-13H2,1H3,(H,24,27)(H,25,28). The molecule has 4 rings (SSSR count). The number of hydrogen-bond donors (Lipinski definition) is 2. The van der Waals surface area contributed by atoms with E-state index in [-0.39, 0.29) is 17.9 Å². The first kappa shape index (κ1) is 19.1. The van der Waals surface area contributed by atoms with Crippen molar-refractivity contribution in [3.63, 3.8) is 0 Å². The van der Waals surface area contributed by atoms with Crippen LogP contribution in [0.2, 0.25) is 0 Å². The summed E-state index contributed by atoms with van der Waals surface area (Å²) in [7, 11) is 0. The summed E-state index contributed by atoms with van der Waals surface area (Å²) < 4.78 is 18.9. The summed E-state index contributed by atoms with van der Waals surface area (Å²) in [6, 6.07) is 11.4. The van der Waals surface area contributed by atoms with Gasteiger partial charge in [0.1, 0.15) is 11.6 Å². The number of H-pyrrole nitrogens is 1. The second-order valence-corrected chi connectivity index (χ2v) is 7.07. The van der Waals surface area contributed by atoms with Gasteiger partial charge in [-0.15, -0.1) is 0 Å². The van der Waals surface area contributed by atoms with Crippen LogP contribution in [0.15, 0.2) is 47.3 Å². The smallest absolute Gasteiger partial charge is 0.238 e. The summed E-state index contributed by atoms with van der Waals surface area (Å²) in [5.41, 5.74) is 2.61. The van der Waals surface area contributed by atoms with Gasteiger partial charge in [-0.25, -0.2) is 4.39 Å². The molecule has 2 N–H and O–H groups in total. The monoisotopic (exact) mass is 395 g/mol. The van der Waals surface area contributed by atoms with Crippen molar-refractivity contribution in [1.29, 1.82) is 0 Å². The lowest BCUT2D eigenvalue weighted by atomic mass is 10.0. The molecule has 1 aliphatic heterocycles. The van der Waals surface area contributed by atoms with Crippen LogP contribution >= 0.6 is 0 Å². The van der Waals surface area contributed by atoms with E-state index in [1.165, 1.54) is 12.1 Å². The van der Waals surface area contributed by atoms with E-state index in [1.807, 2.05) is 11.8 Å². The molecule has 7 heteroatoms. The van der Waals surface area contributed by atoms with Gasteiger partial charge in [0.05, 0.1) is 13.2 Å². The Balaban J connectivity index is 1.45. The molecule has 0 fully saturated rings. The van der Waals surface area contributed by atoms with Crippen LogP contribution in [0.5, 0.6) is 5.75 Å². The summed E-state index contributed by atoms with van der Waals surface area (Å²) in [6.07, 6.45) is 0.633. The molecular weight excluding hydrogens is 373 g/mol. The number of carbonyl (C=O) groups excluding carboxylic acids is 1. The van der Waals surface area contributed by atoms with Gasteiger partial charge in [-0.3, -0.25) is 14.5 Å². The lowest BCUT2D eigenvalue weighted by molar-refractivity contribution is -0.117. The third-order valence-electron chi connectivity index (χ3n) is 5.03. The minimum Gasteiger partial charge on any atom is -0.494 e. The molecule has 2 heterocycles. The minimum atomic E-state index is -0.439. The van der Waals surface area contributed by atoms with E-state index < -0.39 is 5.82 Å². The number of aromatic nitrogens is 1. The van der Waals surface area contributed by atoms with Crippen LogP contribution in [0.1, 0.15) is 18.2 Å². The molecule has 0 aliphatic carbocycles. The predicted molar refractivity (Wildman–Crippen MR) is 110 cm³/mol. The van der Waals surface area contributed by atoms with Crippen LogP contribution in [-0.2, 0) is 17.8 Å². The highest BCUT2D eigenvalue weighted by Crippen LogP contribution is 2.19. The average molecular weight is 395 g/mol. The van der Waals surface area contributed by atoms with Crippen molar-refractivity contribution < 1.29 is 13.9 Å². The lowest BCUT2D eigenvalue weighted by Crippen LogP contribution is -2.39. The van der Waals surface area contributed by atoms with Crippen LogP contribution in [0.3, 0.4) is 0 Å². The van der Waals surface area contributed by atoms with Gasteiger partial charge in [0.2, 0.25) is 5.91 Å². The van der Waals surface area contributed by atoms with Gasteiger partial charge in [0, 0.05) is 47.4 Å². The quantitative estimate of drug-likeness (QED) is 0.696. The summed E-state index contributed by atoms with van der Waals surface area (Å²) in [6.45, 7) is 3.69. The fourth-order valence-electron chi connectivity index (χ4n) is 3.64. The first-order valence-corrected chi connectivity index (χ1v) is 9.62. The Bertz CT molecular complexity index is 1110. The number of fused-ring (bicyclic) bond motifs is 2. The molecule has 0 saturated heterocycles. The summed E-state index contributed by atoms with van der Waals surface area (Å²) in [4.78, 5) is 30.4. The molecule has 3 aromatic rings. The number of nitrogens with zero attached hydrogens (tertiary/aromatic N) is 1. The highest BCUT2D eigenvalue weighted by molar-refractivity contribution is 5.92. The van der Waals surface area contributed by atoms with E-state index in [9.17, 15) is 14.0 Å². The Morgan fingerprint density at radius 3 is 2.79 bits per heavy atom. The second kappa shape index (κ2) is 8.05. The SMILES string of the molecule is CCOc1ccc(NC(=O)CN2CCc3[nH]c4ccc(F)cc4c(=O)c3C2)cc1. The van der Waals surface area contributed by atoms with E-state index >= 15 is 0 Å². The number of rotatable bonds is 5. The molecule has 0 radical (unpaired) electrons. The molecule has 150 valence electrons. The van der Waals surface area contributed by atoms with E-state index in [2.05, 4.69) is 10.3 Å². The maximum absolute atomic E-state index is 13.5. The van der Waals surface area contributed by atoms with Crippen molar-refractivity contribution >= 4 is 22.5 Å². The van der Waals surface area contributed by atoms with Gasteiger partial charge in [-0.2, -0.15) is 0 Å². The summed E-state index contributed by atoms with van der Waals surface area (Å²) in [5, 5.41) is 3.20. The Hall–Kier alpha value is -3.19. The normalized spacial score (nSPS) is 13.9. The zero-order valence-corrected chi connectivity index (χ0v) is 16.1. The molecule has 0 atom stereocenters. The second-order valence-electron chi connectivity index (χ2n) is 7.07. The highest BCUT2D eigenvalue weighted by atomic mass is 19.1. The highest BCUT2D eigenvalue weighted by Gasteiger charge is 2.22. The van der Waals surface area contributed by atoms with Crippen LogP contribution < -0.4 is 15.5 Å². The zero-order valence-electron chi connectivity index (χ0n) is 16.1. The van der Waals surface area contributed by atoms with E-state index in [4.69, 9.17) is 4.74 Å². The van der Waals surface area contributed by atoms with Crippen molar-refractivity contribution in [3.8, 4) is 5.75 Å². The first-order chi connectivity index (χ1) is 14.0. The van der Waals surface area contributed by atoms with Gasteiger partial charge in [0.25, 0.3) is 0 Å². The van der Waals surface area contributed by atoms with E-state index in [0.717, 1.165) is 11.4 Å². The third kappa shape index (κ3) is 4.14.